The molecule has 1 amide bonds. The van der Waals surface area contributed by atoms with Crippen molar-refractivity contribution in [3.8, 4) is 0 Å². The van der Waals surface area contributed by atoms with Crippen LogP contribution in [-0.2, 0) is 4.84 Å². The summed E-state index contributed by atoms with van der Waals surface area (Å²) in [5.41, 5.74) is 5.16. The van der Waals surface area contributed by atoms with Crippen molar-refractivity contribution in [1.29, 1.82) is 0 Å². The predicted molar refractivity (Wildman–Crippen MR) is 166 cm³/mol. The lowest BCUT2D eigenvalue weighted by Gasteiger charge is -2.14. The summed E-state index contributed by atoms with van der Waals surface area (Å²) >= 11 is 6.24. The first-order valence-corrected chi connectivity index (χ1v) is 13.9. The Balaban J connectivity index is 0.00000101. The van der Waals surface area contributed by atoms with Crippen LogP contribution in [0.2, 0.25) is 5.02 Å². The number of nitrogens with zero attached hydrogens (tertiary/aromatic N) is 1. The Labute approximate surface area is 241 Å². The van der Waals surface area contributed by atoms with E-state index >= 15 is 0 Å². The summed E-state index contributed by atoms with van der Waals surface area (Å²) in [5, 5.41) is 15.7. The van der Waals surface area contributed by atoms with Crippen LogP contribution < -0.4 is 16.1 Å². The second-order valence-electron chi connectivity index (χ2n) is 10.1. The van der Waals surface area contributed by atoms with Crippen molar-refractivity contribution < 1.29 is 14.7 Å². The maximum Gasteiger partial charge on any atom is 0.276 e. The van der Waals surface area contributed by atoms with Gasteiger partial charge in [-0.2, -0.15) is 0 Å². The van der Waals surface area contributed by atoms with Gasteiger partial charge in [0.05, 0.1) is 41.9 Å². The van der Waals surface area contributed by atoms with Crippen molar-refractivity contribution in [3.05, 3.63) is 71.0 Å². The largest absolute Gasteiger partial charge is 0.392 e. The number of carbonyl (C=O) groups is 1. The van der Waals surface area contributed by atoms with Gasteiger partial charge < -0.3 is 15.7 Å². The first kappa shape index (κ1) is 36.1. The fourth-order valence-corrected chi connectivity index (χ4v) is 3.23. The topological polar surface area (TPSA) is 95.5 Å². The summed E-state index contributed by atoms with van der Waals surface area (Å²) < 4.78 is 0. The van der Waals surface area contributed by atoms with Gasteiger partial charge in [0.25, 0.3) is 5.91 Å². The number of aromatic nitrogens is 1. The summed E-state index contributed by atoms with van der Waals surface area (Å²) in [6.07, 6.45) is 5.87. The zero-order valence-corrected chi connectivity index (χ0v) is 25.9. The second kappa shape index (κ2) is 20.1. The standard InChI is InChI=1S/C19H21ClN4O3.C8H18.C4H10/c1-12(11-25)8-13(2)22-18-9-17(15(20)10-21-18)23-16-7-5-4-6-14(16)19(26)24-27-3;1-5-7(3)8(4)6-2;1-4(2)3/h4-10,25H,1,11H2,2-3H3,(H,24,26)(H2,21,22,23);7-8H,5-6H2,1-4H3;4H,1-3H3/b13-8+;;. The number of benzene rings is 1. The van der Waals surface area contributed by atoms with Crippen LogP contribution in [0.25, 0.3) is 0 Å². The monoisotopic (exact) mass is 560 g/mol. The van der Waals surface area contributed by atoms with Gasteiger partial charge in [-0.1, -0.05) is 91.6 Å². The number of amides is 1. The summed E-state index contributed by atoms with van der Waals surface area (Å²) in [6.45, 7) is 21.1. The van der Waals surface area contributed by atoms with Gasteiger partial charge in [-0.05, 0) is 48.5 Å². The second-order valence-corrected chi connectivity index (χ2v) is 10.5. The molecule has 0 aliphatic heterocycles. The molecule has 0 radical (unpaired) electrons. The molecule has 0 aliphatic rings. The molecule has 0 aliphatic carbocycles. The Kier molecular flexibility index (Phi) is 18.6. The highest BCUT2D eigenvalue weighted by molar-refractivity contribution is 6.33. The van der Waals surface area contributed by atoms with Crippen LogP contribution in [0.3, 0.4) is 0 Å². The van der Waals surface area contributed by atoms with Crippen molar-refractivity contribution >= 4 is 34.7 Å². The number of hydrogen-bond acceptors (Lipinski definition) is 6. The SMILES string of the molecule is C=C(/C=C(\C)Nc1cc(Nc2ccccc2C(=O)NOC)c(Cl)cn1)CO.CC(C)C.CCC(C)C(C)CC. The van der Waals surface area contributed by atoms with Crippen molar-refractivity contribution in [3.63, 3.8) is 0 Å². The number of nitrogens with one attached hydrogen (secondary N) is 3. The maximum absolute atomic E-state index is 12.1. The molecular formula is C31H49ClN4O3. The third-order valence-corrected chi connectivity index (χ3v) is 6.00. The van der Waals surface area contributed by atoms with Gasteiger partial charge in [-0.25, -0.2) is 10.5 Å². The maximum atomic E-state index is 12.1. The normalized spacial score (nSPS) is 12.3. The zero-order valence-electron chi connectivity index (χ0n) is 25.2. The molecule has 1 aromatic carbocycles. The highest BCUT2D eigenvalue weighted by atomic mass is 35.5. The van der Waals surface area contributed by atoms with Crippen LogP contribution in [0.5, 0.6) is 0 Å². The van der Waals surface area contributed by atoms with Crippen LogP contribution in [0.1, 0.15) is 78.6 Å². The zero-order chi connectivity index (χ0) is 30.0. The molecule has 7 nitrogen and oxygen atoms in total. The van der Waals surface area contributed by atoms with Crippen LogP contribution in [0, 0.1) is 17.8 Å². The number of para-hydroxylation sites is 1. The third-order valence-electron chi connectivity index (χ3n) is 5.70. The van der Waals surface area contributed by atoms with E-state index in [1.165, 1.54) is 26.1 Å². The Morgan fingerprint density at radius 3 is 2.18 bits per heavy atom. The Hall–Kier alpha value is -2.87. The van der Waals surface area contributed by atoms with E-state index in [-0.39, 0.29) is 12.5 Å². The molecule has 2 rings (SSSR count). The smallest absolute Gasteiger partial charge is 0.276 e. The minimum atomic E-state index is -0.384. The third kappa shape index (κ3) is 15.3. The number of aliphatic hydroxyl groups is 1. The van der Waals surface area contributed by atoms with Gasteiger partial charge in [0.15, 0.2) is 0 Å². The predicted octanol–water partition coefficient (Wildman–Crippen LogP) is 8.37. The van der Waals surface area contributed by atoms with E-state index in [4.69, 9.17) is 16.7 Å². The highest BCUT2D eigenvalue weighted by Crippen LogP contribution is 2.29. The van der Waals surface area contributed by atoms with E-state index in [0.29, 0.717) is 33.4 Å². The molecule has 218 valence electrons. The first-order valence-electron chi connectivity index (χ1n) is 13.5. The Morgan fingerprint density at radius 2 is 1.67 bits per heavy atom. The quantitative estimate of drug-likeness (QED) is 0.163. The molecule has 0 saturated carbocycles. The van der Waals surface area contributed by atoms with Crippen LogP contribution in [0.15, 0.2) is 60.5 Å². The van der Waals surface area contributed by atoms with Crippen molar-refractivity contribution in [2.45, 2.75) is 68.2 Å². The minimum absolute atomic E-state index is 0.125. The average Bonchev–Trinajstić information content (AvgIpc) is 2.90. The van der Waals surface area contributed by atoms with Gasteiger partial charge in [-0.3, -0.25) is 9.63 Å². The van der Waals surface area contributed by atoms with Crippen LogP contribution >= 0.6 is 11.6 Å². The number of carbonyl (C=O) groups excluding carboxylic acids is 1. The summed E-state index contributed by atoms with van der Waals surface area (Å²) in [7, 11) is 1.37. The molecule has 1 aromatic heterocycles. The molecule has 4 N–H and O–H groups in total. The lowest BCUT2D eigenvalue weighted by Crippen LogP contribution is -2.22. The minimum Gasteiger partial charge on any atom is -0.392 e. The molecule has 0 fully saturated rings. The van der Waals surface area contributed by atoms with Gasteiger partial charge >= 0.3 is 0 Å². The Morgan fingerprint density at radius 1 is 1.10 bits per heavy atom. The van der Waals surface area contributed by atoms with Crippen LogP contribution in [0.4, 0.5) is 17.2 Å². The number of rotatable bonds is 11. The molecule has 0 bridgehead atoms. The Bertz CT molecular complexity index is 1030. The number of hydrogen-bond donors (Lipinski definition) is 4. The summed E-state index contributed by atoms with van der Waals surface area (Å²) in [4.78, 5) is 21.0. The number of aliphatic hydroxyl groups excluding tert-OH is 1. The fourth-order valence-electron chi connectivity index (χ4n) is 3.08. The first-order chi connectivity index (χ1) is 18.4. The molecule has 0 saturated heterocycles. The number of halogens is 1. The molecule has 2 unspecified atom stereocenters. The number of hydroxylamine groups is 1. The van der Waals surface area contributed by atoms with Gasteiger partial charge in [0.2, 0.25) is 0 Å². The van der Waals surface area contributed by atoms with Gasteiger partial charge in [0, 0.05) is 11.8 Å². The highest BCUT2D eigenvalue weighted by Gasteiger charge is 2.13. The molecule has 1 heterocycles. The van der Waals surface area contributed by atoms with E-state index in [1.54, 1.807) is 36.4 Å². The average molecular weight is 561 g/mol. The number of anilines is 3. The van der Waals surface area contributed by atoms with E-state index in [0.717, 1.165) is 23.5 Å². The summed E-state index contributed by atoms with van der Waals surface area (Å²) in [6, 6.07) is 8.68. The lowest BCUT2D eigenvalue weighted by molar-refractivity contribution is 0.0538. The number of pyridine rings is 1. The fraction of sp³-hybridized carbons (Fsp3) is 0.484. The van der Waals surface area contributed by atoms with E-state index < -0.39 is 0 Å². The molecular weight excluding hydrogens is 512 g/mol. The van der Waals surface area contributed by atoms with E-state index in [9.17, 15) is 4.79 Å². The molecule has 39 heavy (non-hydrogen) atoms. The number of allylic oxidation sites excluding steroid dienone is 1. The van der Waals surface area contributed by atoms with E-state index in [1.807, 2.05) is 6.92 Å². The lowest BCUT2D eigenvalue weighted by atomic mass is 9.92. The molecule has 8 heteroatoms. The van der Waals surface area contributed by atoms with Crippen molar-refractivity contribution in [1.82, 2.24) is 10.5 Å². The van der Waals surface area contributed by atoms with Crippen LogP contribution in [-0.4, -0.2) is 29.7 Å². The molecule has 2 atom stereocenters. The molecule has 2 aromatic rings. The van der Waals surface area contributed by atoms with Gasteiger partial charge in [-0.15, -0.1) is 0 Å². The van der Waals surface area contributed by atoms with Crippen molar-refractivity contribution in [2.24, 2.45) is 17.8 Å². The molecule has 0 spiro atoms. The van der Waals surface area contributed by atoms with Crippen molar-refractivity contribution in [2.75, 3.05) is 24.4 Å². The summed E-state index contributed by atoms with van der Waals surface area (Å²) in [5.74, 6) is 2.82. The van der Waals surface area contributed by atoms with E-state index in [2.05, 4.69) is 81.0 Å². The van der Waals surface area contributed by atoms with Gasteiger partial charge in [0.1, 0.15) is 5.82 Å².